The zero-order chi connectivity index (χ0) is 19.9. The molecule has 1 saturated heterocycles. The monoisotopic (exact) mass is 426 g/mol. The van der Waals surface area contributed by atoms with Gasteiger partial charge in [0.05, 0.1) is 0 Å². The SMILES string of the molecule is CCC[Si@H]1CC[C@H](CCCC[C@H]2CC[C@H](c3cc(F)c(Cl)c(F)c3)CC2)CC1. The molecule has 0 amide bonds. The van der Waals surface area contributed by atoms with Crippen LogP contribution in [-0.2, 0) is 0 Å². The third-order valence-electron chi connectivity index (χ3n) is 7.46. The van der Waals surface area contributed by atoms with Gasteiger partial charge in [0.25, 0.3) is 0 Å². The fourth-order valence-corrected chi connectivity index (χ4v) is 9.36. The van der Waals surface area contributed by atoms with E-state index in [0.29, 0.717) is 5.92 Å². The molecule has 0 N–H and O–H groups in total. The Bertz CT molecular complexity index is 582. The average Bonchev–Trinajstić information content (AvgIpc) is 2.71. The van der Waals surface area contributed by atoms with E-state index < -0.39 is 11.6 Å². The van der Waals surface area contributed by atoms with Crippen LogP contribution >= 0.6 is 11.6 Å². The molecule has 158 valence electrons. The number of hydrogen-bond acceptors (Lipinski definition) is 0. The topological polar surface area (TPSA) is 0 Å². The van der Waals surface area contributed by atoms with Gasteiger partial charge in [-0.1, -0.05) is 81.6 Å². The molecule has 0 atom stereocenters. The minimum Gasteiger partial charge on any atom is -0.205 e. The van der Waals surface area contributed by atoms with Crippen molar-refractivity contribution in [3.05, 3.63) is 34.4 Å². The van der Waals surface area contributed by atoms with Gasteiger partial charge in [-0.25, -0.2) is 8.78 Å². The second kappa shape index (κ2) is 11.1. The number of hydrogen-bond donors (Lipinski definition) is 0. The number of unbranched alkanes of at least 4 members (excludes halogenated alkanes) is 1. The van der Waals surface area contributed by atoms with E-state index in [0.717, 1.165) is 30.2 Å². The van der Waals surface area contributed by atoms with Gasteiger partial charge in [-0.2, -0.15) is 0 Å². The molecule has 0 unspecified atom stereocenters. The summed E-state index contributed by atoms with van der Waals surface area (Å²) in [5.74, 6) is 0.882. The van der Waals surface area contributed by atoms with Gasteiger partial charge in [-0.15, -0.1) is 0 Å². The van der Waals surface area contributed by atoms with Gasteiger partial charge in [0.15, 0.2) is 0 Å². The molecular formula is C24H37ClF2Si. The Morgan fingerprint density at radius 3 is 1.96 bits per heavy atom. The van der Waals surface area contributed by atoms with Crippen LogP contribution in [0.3, 0.4) is 0 Å². The molecule has 1 aromatic rings. The molecule has 1 aromatic carbocycles. The molecule has 3 rings (SSSR count). The quantitative estimate of drug-likeness (QED) is 0.222. The predicted octanol–water partition coefficient (Wildman–Crippen LogP) is 8.50. The Kier molecular flexibility index (Phi) is 8.84. The molecule has 0 radical (unpaired) electrons. The van der Waals surface area contributed by atoms with Crippen LogP contribution in [0.2, 0.25) is 23.2 Å². The molecular weight excluding hydrogens is 390 g/mol. The van der Waals surface area contributed by atoms with Crippen molar-refractivity contribution in [1.82, 2.24) is 0 Å². The fourth-order valence-electron chi connectivity index (χ4n) is 5.68. The maximum absolute atomic E-state index is 13.7. The molecule has 1 aliphatic heterocycles. The van der Waals surface area contributed by atoms with E-state index in [4.69, 9.17) is 11.6 Å². The van der Waals surface area contributed by atoms with Crippen molar-refractivity contribution >= 4 is 20.4 Å². The zero-order valence-corrected chi connectivity index (χ0v) is 19.4. The molecule has 2 aliphatic rings. The van der Waals surface area contributed by atoms with Crippen LogP contribution in [0.4, 0.5) is 8.78 Å². The van der Waals surface area contributed by atoms with Crippen molar-refractivity contribution in [2.24, 2.45) is 11.8 Å². The Hall–Kier alpha value is -0.413. The first-order chi connectivity index (χ1) is 13.6. The maximum Gasteiger partial charge on any atom is 0.145 e. The fraction of sp³-hybridized carbons (Fsp3) is 0.750. The van der Waals surface area contributed by atoms with E-state index in [1.807, 2.05) is 0 Å². The number of halogens is 3. The van der Waals surface area contributed by atoms with E-state index >= 15 is 0 Å². The molecule has 0 spiro atoms. The summed E-state index contributed by atoms with van der Waals surface area (Å²) in [5.41, 5.74) is 0.792. The van der Waals surface area contributed by atoms with E-state index in [9.17, 15) is 8.78 Å². The number of rotatable bonds is 8. The lowest BCUT2D eigenvalue weighted by atomic mass is 9.77. The van der Waals surface area contributed by atoms with Crippen LogP contribution in [0.1, 0.15) is 89.0 Å². The molecule has 4 heteroatoms. The summed E-state index contributed by atoms with van der Waals surface area (Å²) < 4.78 is 27.4. The van der Waals surface area contributed by atoms with Crippen LogP contribution in [0, 0.1) is 23.5 Å². The molecule has 1 aliphatic carbocycles. The summed E-state index contributed by atoms with van der Waals surface area (Å²) in [7, 11) is -0.325. The van der Waals surface area contributed by atoms with Gasteiger partial charge >= 0.3 is 0 Å². The first kappa shape index (κ1) is 22.3. The van der Waals surface area contributed by atoms with Crippen LogP contribution < -0.4 is 0 Å². The van der Waals surface area contributed by atoms with Crippen LogP contribution in [0.15, 0.2) is 12.1 Å². The Labute approximate surface area is 177 Å². The summed E-state index contributed by atoms with van der Waals surface area (Å²) in [5, 5.41) is -0.376. The van der Waals surface area contributed by atoms with Gasteiger partial charge < -0.3 is 0 Å². The van der Waals surface area contributed by atoms with Gasteiger partial charge in [0.2, 0.25) is 0 Å². The minimum atomic E-state index is -0.620. The summed E-state index contributed by atoms with van der Waals surface area (Å²) in [6.07, 6.45) is 14.5. The van der Waals surface area contributed by atoms with Gasteiger partial charge in [0, 0.05) is 8.80 Å². The highest BCUT2D eigenvalue weighted by Gasteiger charge is 2.24. The molecule has 0 bridgehead atoms. The molecule has 28 heavy (non-hydrogen) atoms. The Balaban J connectivity index is 1.31. The average molecular weight is 427 g/mol. The molecule has 0 aromatic heterocycles. The van der Waals surface area contributed by atoms with Gasteiger partial charge in [0.1, 0.15) is 16.7 Å². The summed E-state index contributed by atoms with van der Waals surface area (Å²) in [6.45, 7) is 2.35. The largest absolute Gasteiger partial charge is 0.205 e. The lowest BCUT2D eigenvalue weighted by Crippen LogP contribution is -2.21. The predicted molar refractivity (Wildman–Crippen MR) is 119 cm³/mol. The van der Waals surface area contributed by atoms with Crippen molar-refractivity contribution in [2.75, 3.05) is 0 Å². The van der Waals surface area contributed by atoms with Crippen LogP contribution in [0.25, 0.3) is 0 Å². The molecule has 0 nitrogen and oxygen atoms in total. The third kappa shape index (κ3) is 6.29. The highest BCUT2D eigenvalue weighted by atomic mass is 35.5. The first-order valence-electron chi connectivity index (χ1n) is 11.7. The van der Waals surface area contributed by atoms with Gasteiger partial charge in [-0.3, -0.25) is 0 Å². The second-order valence-electron chi connectivity index (χ2n) is 9.48. The lowest BCUT2D eigenvalue weighted by Gasteiger charge is -2.29. The van der Waals surface area contributed by atoms with E-state index in [-0.39, 0.29) is 13.8 Å². The van der Waals surface area contributed by atoms with Crippen molar-refractivity contribution in [3.63, 3.8) is 0 Å². The summed E-state index contributed by atoms with van der Waals surface area (Å²) >= 11 is 5.61. The zero-order valence-electron chi connectivity index (χ0n) is 17.5. The van der Waals surface area contributed by atoms with E-state index in [1.54, 1.807) is 18.1 Å². The van der Waals surface area contributed by atoms with Crippen molar-refractivity contribution in [2.45, 2.75) is 102 Å². The minimum absolute atomic E-state index is 0.292. The standard InChI is InChI=1S/C24H37ClF2Si/c1-2-13-28-14-11-19(12-15-28)6-4-3-5-18-7-9-20(10-8-18)21-16-22(26)24(25)23(27)17-21/h16-20,28H,2-15H2,1H3/t18-,19-,20-,28-. The summed E-state index contributed by atoms with van der Waals surface area (Å²) in [6, 6.07) is 7.66. The highest BCUT2D eigenvalue weighted by Crippen LogP contribution is 2.39. The van der Waals surface area contributed by atoms with E-state index in [2.05, 4.69) is 6.92 Å². The van der Waals surface area contributed by atoms with Gasteiger partial charge in [-0.05, 0) is 61.1 Å². The van der Waals surface area contributed by atoms with Crippen molar-refractivity contribution in [1.29, 1.82) is 0 Å². The first-order valence-corrected chi connectivity index (χ1v) is 14.5. The maximum atomic E-state index is 13.7. The third-order valence-corrected chi connectivity index (χ3v) is 11.5. The smallest absolute Gasteiger partial charge is 0.145 e. The van der Waals surface area contributed by atoms with Crippen molar-refractivity contribution < 1.29 is 8.78 Å². The number of benzene rings is 1. The molecule has 1 heterocycles. The second-order valence-corrected chi connectivity index (χ2v) is 13.3. The lowest BCUT2D eigenvalue weighted by molar-refractivity contribution is 0.296. The van der Waals surface area contributed by atoms with Crippen LogP contribution in [0.5, 0.6) is 0 Å². The molecule has 1 saturated carbocycles. The molecule has 2 fully saturated rings. The van der Waals surface area contributed by atoms with Crippen molar-refractivity contribution in [3.8, 4) is 0 Å². The Morgan fingerprint density at radius 1 is 0.893 bits per heavy atom. The Morgan fingerprint density at radius 2 is 1.43 bits per heavy atom. The highest BCUT2D eigenvalue weighted by molar-refractivity contribution is 6.58. The normalized spacial score (nSPS) is 28.4. The van der Waals surface area contributed by atoms with E-state index in [1.165, 1.54) is 69.9 Å². The summed E-state index contributed by atoms with van der Waals surface area (Å²) in [4.78, 5) is 0. The van der Waals surface area contributed by atoms with Crippen LogP contribution in [-0.4, -0.2) is 8.80 Å².